The molecule has 0 bridgehead atoms. The van der Waals surface area contributed by atoms with Crippen LogP contribution in [0.5, 0.6) is 5.75 Å². The Kier molecular flexibility index (Phi) is 5.79. The van der Waals surface area contributed by atoms with Gasteiger partial charge in [-0.15, -0.1) is 0 Å². The maximum Gasteiger partial charge on any atom is 0.265 e. The highest BCUT2D eigenvalue weighted by atomic mass is 16.5. The number of carbonyl (C=O) groups is 2. The molecule has 0 aliphatic carbocycles. The van der Waals surface area contributed by atoms with Gasteiger partial charge in [0.25, 0.3) is 5.91 Å². The molecule has 0 aromatic heterocycles. The highest BCUT2D eigenvalue weighted by molar-refractivity contribution is 5.97. The summed E-state index contributed by atoms with van der Waals surface area (Å²) in [5, 5.41) is 2.91. The molecule has 1 fully saturated rings. The molecule has 0 unspecified atom stereocenters. The minimum absolute atomic E-state index is 0.153. The zero-order valence-electron chi connectivity index (χ0n) is 16.1. The molecule has 0 spiro atoms. The fraction of sp³-hybridized carbons (Fsp3) is 0.364. The molecule has 2 amide bonds. The molecule has 27 heavy (non-hydrogen) atoms. The average Bonchev–Trinajstić information content (AvgIpc) is 3.09. The van der Waals surface area contributed by atoms with Crippen molar-refractivity contribution >= 4 is 23.2 Å². The van der Waals surface area contributed by atoms with Crippen molar-refractivity contribution in [3.05, 3.63) is 53.6 Å². The normalized spacial score (nSPS) is 14.9. The van der Waals surface area contributed by atoms with E-state index in [2.05, 4.69) is 5.32 Å². The van der Waals surface area contributed by atoms with Gasteiger partial charge in [0.2, 0.25) is 5.91 Å². The van der Waals surface area contributed by atoms with Crippen molar-refractivity contribution in [3.63, 3.8) is 0 Å². The summed E-state index contributed by atoms with van der Waals surface area (Å²) < 4.78 is 5.96. The summed E-state index contributed by atoms with van der Waals surface area (Å²) in [6.45, 7) is 6.65. The Morgan fingerprint density at radius 3 is 2.56 bits per heavy atom. The number of hydrogen-bond acceptors (Lipinski definition) is 3. The highest BCUT2D eigenvalue weighted by Crippen LogP contribution is 2.24. The second-order valence-corrected chi connectivity index (χ2v) is 6.97. The molecule has 142 valence electrons. The largest absolute Gasteiger partial charge is 0.480 e. The zero-order chi connectivity index (χ0) is 19.4. The minimum Gasteiger partial charge on any atom is -0.480 e. The van der Waals surface area contributed by atoms with Crippen LogP contribution in [0.2, 0.25) is 0 Å². The third-order valence-electron chi connectivity index (χ3n) is 4.80. The molecular formula is C22H26N2O3. The van der Waals surface area contributed by atoms with Gasteiger partial charge < -0.3 is 15.0 Å². The van der Waals surface area contributed by atoms with Crippen LogP contribution in [-0.4, -0.2) is 24.5 Å². The summed E-state index contributed by atoms with van der Waals surface area (Å²) >= 11 is 0. The number of ether oxygens (including phenoxy) is 1. The Hall–Kier alpha value is -2.82. The van der Waals surface area contributed by atoms with Gasteiger partial charge in [-0.25, -0.2) is 0 Å². The predicted octanol–water partition coefficient (Wildman–Crippen LogP) is 4.23. The molecule has 1 heterocycles. The number of nitrogens with one attached hydrogen (secondary N) is 1. The third-order valence-corrected chi connectivity index (χ3v) is 4.80. The summed E-state index contributed by atoms with van der Waals surface area (Å²) in [5.74, 6) is 0.711. The van der Waals surface area contributed by atoms with Crippen LogP contribution in [-0.2, 0) is 9.59 Å². The van der Waals surface area contributed by atoms with Crippen molar-refractivity contribution in [1.29, 1.82) is 0 Å². The topological polar surface area (TPSA) is 58.6 Å². The number of anilines is 2. The smallest absolute Gasteiger partial charge is 0.265 e. The van der Waals surface area contributed by atoms with Crippen LogP contribution in [0, 0.1) is 13.8 Å². The van der Waals surface area contributed by atoms with Gasteiger partial charge in [-0.3, -0.25) is 9.59 Å². The molecule has 2 aromatic rings. The molecule has 1 aliphatic heterocycles. The summed E-state index contributed by atoms with van der Waals surface area (Å²) in [4.78, 5) is 26.2. The van der Waals surface area contributed by atoms with Crippen molar-refractivity contribution in [2.24, 2.45) is 0 Å². The van der Waals surface area contributed by atoms with Gasteiger partial charge in [0, 0.05) is 24.3 Å². The van der Waals surface area contributed by atoms with Gasteiger partial charge >= 0.3 is 0 Å². The second kappa shape index (κ2) is 8.25. The molecule has 1 N–H and O–H groups in total. The first kappa shape index (κ1) is 19.0. The predicted molar refractivity (Wildman–Crippen MR) is 107 cm³/mol. The van der Waals surface area contributed by atoms with E-state index < -0.39 is 6.10 Å². The average molecular weight is 366 g/mol. The summed E-state index contributed by atoms with van der Waals surface area (Å²) in [7, 11) is 0. The first-order valence-corrected chi connectivity index (χ1v) is 9.43. The van der Waals surface area contributed by atoms with Crippen LogP contribution in [0.4, 0.5) is 11.4 Å². The molecule has 3 rings (SSSR count). The second-order valence-electron chi connectivity index (χ2n) is 6.97. The van der Waals surface area contributed by atoms with E-state index >= 15 is 0 Å². The lowest BCUT2D eigenvalue weighted by atomic mass is 10.1. The van der Waals surface area contributed by atoms with E-state index in [1.807, 2.05) is 63.2 Å². The molecule has 0 radical (unpaired) electrons. The quantitative estimate of drug-likeness (QED) is 0.832. The fourth-order valence-corrected chi connectivity index (χ4v) is 3.18. The first-order valence-electron chi connectivity index (χ1n) is 9.43. The summed E-state index contributed by atoms with van der Waals surface area (Å²) in [6.07, 6.45) is 1.50. The molecule has 5 heteroatoms. The van der Waals surface area contributed by atoms with Crippen molar-refractivity contribution in [3.8, 4) is 5.75 Å². The molecule has 0 saturated carbocycles. The summed E-state index contributed by atoms with van der Waals surface area (Å²) in [5.41, 5.74) is 3.66. The Morgan fingerprint density at radius 1 is 1.19 bits per heavy atom. The van der Waals surface area contributed by atoms with Crippen LogP contribution in [0.25, 0.3) is 0 Å². The number of nitrogens with zero attached hydrogens (tertiary/aromatic N) is 1. The molecule has 5 nitrogen and oxygen atoms in total. The maximum atomic E-state index is 12.6. The number of benzene rings is 2. The minimum atomic E-state index is -0.565. The van der Waals surface area contributed by atoms with E-state index in [1.54, 1.807) is 4.90 Å². The number of hydrogen-bond donors (Lipinski definition) is 1. The lowest BCUT2D eigenvalue weighted by molar-refractivity contribution is -0.122. The Labute approximate surface area is 160 Å². The zero-order valence-corrected chi connectivity index (χ0v) is 16.1. The Bertz CT molecular complexity index is 830. The van der Waals surface area contributed by atoms with Crippen molar-refractivity contribution < 1.29 is 14.3 Å². The lowest BCUT2D eigenvalue weighted by Crippen LogP contribution is -2.32. The first-order chi connectivity index (χ1) is 13.0. The summed E-state index contributed by atoms with van der Waals surface area (Å²) in [6, 6.07) is 13.3. The van der Waals surface area contributed by atoms with Gasteiger partial charge in [0.15, 0.2) is 6.10 Å². The van der Waals surface area contributed by atoms with E-state index in [0.29, 0.717) is 18.5 Å². The van der Waals surface area contributed by atoms with E-state index in [9.17, 15) is 9.59 Å². The number of amides is 2. The van der Waals surface area contributed by atoms with Crippen molar-refractivity contribution in [2.45, 2.75) is 46.1 Å². The van der Waals surface area contributed by atoms with Crippen molar-refractivity contribution in [2.75, 3.05) is 16.8 Å². The number of rotatable bonds is 6. The number of aryl methyl sites for hydroxylation is 2. The molecule has 2 aromatic carbocycles. The van der Waals surface area contributed by atoms with Crippen LogP contribution < -0.4 is 15.0 Å². The van der Waals surface area contributed by atoms with Crippen LogP contribution in [0.3, 0.4) is 0 Å². The molecule has 1 saturated heterocycles. The van der Waals surface area contributed by atoms with Gasteiger partial charge in [-0.05, 0) is 68.1 Å². The SMILES string of the molecule is CC[C@H](Oc1cc(C)ccc1C)C(=O)Nc1ccc(N2CCCC2=O)cc1. The van der Waals surface area contributed by atoms with Gasteiger partial charge in [0.05, 0.1) is 0 Å². The third kappa shape index (κ3) is 4.48. The molecule has 1 aliphatic rings. The van der Waals surface area contributed by atoms with Crippen LogP contribution in [0.15, 0.2) is 42.5 Å². The number of carbonyl (C=O) groups excluding carboxylic acids is 2. The van der Waals surface area contributed by atoms with E-state index in [1.165, 1.54) is 0 Å². The maximum absolute atomic E-state index is 12.6. The molecular weight excluding hydrogens is 340 g/mol. The lowest BCUT2D eigenvalue weighted by Gasteiger charge is -2.20. The molecule has 1 atom stereocenters. The van der Waals surface area contributed by atoms with Gasteiger partial charge in [0.1, 0.15) is 5.75 Å². The van der Waals surface area contributed by atoms with Crippen LogP contribution in [0.1, 0.15) is 37.3 Å². The Morgan fingerprint density at radius 2 is 1.93 bits per heavy atom. The van der Waals surface area contributed by atoms with E-state index in [-0.39, 0.29) is 11.8 Å². The highest BCUT2D eigenvalue weighted by Gasteiger charge is 2.22. The fourth-order valence-electron chi connectivity index (χ4n) is 3.18. The monoisotopic (exact) mass is 366 g/mol. The van der Waals surface area contributed by atoms with Crippen LogP contribution >= 0.6 is 0 Å². The van der Waals surface area contributed by atoms with Gasteiger partial charge in [-0.1, -0.05) is 19.1 Å². The van der Waals surface area contributed by atoms with E-state index in [0.717, 1.165) is 35.5 Å². The van der Waals surface area contributed by atoms with Crippen molar-refractivity contribution in [1.82, 2.24) is 0 Å². The van der Waals surface area contributed by atoms with E-state index in [4.69, 9.17) is 4.74 Å². The van der Waals surface area contributed by atoms with Gasteiger partial charge in [-0.2, -0.15) is 0 Å². The standard InChI is InChI=1S/C22H26N2O3/c1-4-19(27-20-14-15(2)7-8-16(20)3)22(26)23-17-9-11-18(12-10-17)24-13-5-6-21(24)25/h7-12,14,19H,4-6,13H2,1-3H3,(H,23,26)/t19-/m0/s1. The Balaban J connectivity index is 1.66.